The number of rotatable bonds is 3. The summed E-state index contributed by atoms with van der Waals surface area (Å²) in [5.41, 5.74) is 6.62. The number of nitrogens with two attached hydrogens (primary N) is 1. The average molecular weight is 259 g/mol. The zero-order valence-corrected chi connectivity index (χ0v) is 10.7. The fraction of sp³-hybridized carbons (Fsp3) is 0.429. The average Bonchev–Trinajstić information content (AvgIpc) is 2.90. The number of H-pyrrole nitrogens is 1. The second kappa shape index (κ2) is 4.91. The standard InChI is InChI=1S/C14H17N3O2/c15-10-5-6-12-11(7-10)13(18)17-14(16-12)19-8-9-3-1-2-4-9/h5-7,9H,1-4,8,15H2,(H,16,17,18). The van der Waals surface area contributed by atoms with Gasteiger partial charge in [0.2, 0.25) is 0 Å². The predicted molar refractivity (Wildman–Crippen MR) is 74.2 cm³/mol. The van der Waals surface area contributed by atoms with E-state index in [0.29, 0.717) is 35.1 Å². The lowest BCUT2D eigenvalue weighted by Gasteiger charge is -2.10. The smallest absolute Gasteiger partial charge is 0.297 e. The van der Waals surface area contributed by atoms with Crippen LogP contribution in [0.3, 0.4) is 0 Å². The van der Waals surface area contributed by atoms with Crippen LogP contribution in [0, 0.1) is 5.92 Å². The van der Waals surface area contributed by atoms with Crippen LogP contribution in [-0.2, 0) is 0 Å². The molecule has 3 N–H and O–H groups in total. The fourth-order valence-electron chi connectivity index (χ4n) is 2.58. The Morgan fingerprint density at radius 3 is 2.95 bits per heavy atom. The van der Waals surface area contributed by atoms with E-state index in [1.165, 1.54) is 25.7 Å². The topological polar surface area (TPSA) is 81.0 Å². The number of hydrogen-bond donors (Lipinski definition) is 2. The summed E-state index contributed by atoms with van der Waals surface area (Å²) in [5.74, 6) is 0.590. The molecule has 1 aromatic heterocycles. The van der Waals surface area contributed by atoms with E-state index in [2.05, 4.69) is 9.97 Å². The van der Waals surface area contributed by atoms with Gasteiger partial charge in [0.05, 0.1) is 17.5 Å². The molecule has 0 radical (unpaired) electrons. The van der Waals surface area contributed by atoms with E-state index < -0.39 is 0 Å². The Morgan fingerprint density at radius 2 is 2.16 bits per heavy atom. The van der Waals surface area contributed by atoms with E-state index in [-0.39, 0.29) is 5.56 Å². The first-order valence-electron chi connectivity index (χ1n) is 6.65. The molecule has 0 spiro atoms. The molecular weight excluding hydrogens is 242 g/mol. The van der Waals surface area contributed by atoms with Crippen molar-refractivity contribution < 1.29 is 4.74 Å². The molecule has 5 heteroatoms. The Kier molecular flexibility index (Phi) is 3.11. The lowest BCUT2D eigenvalue weighted by molar-refractivity contribution is 0.234. The molecule has 2 aromatic rings. The highest BCUT2D eigenvalue weighted by Crippen LogP contribution is 2.25. The molecule has 0 bridgehead atoms. The highest BCUT2D eigenvalue weighted by atomic mass is 16.5. The first kappa shape index (κ1) is 12.0. The molecule has 100 valence electrons. The molecule has 0 aliphatic heterocycles. The summed E-state index contributed by atoms with van der Waals surface area (Å²) in [4.78, 5) is 18.9. The van der Waals surface area contributed by atoms with E-state index in [1.807, 2.05) is 0 Å². The van der Waals surface area contributed by atoms with E-state index in [4.69, 9.17) is 10.5 Å². The largest absolute Gasteiger partial charge is 0.464 e. The van der Waals surface area contributed by atoms with Gasteiger partial charge in [-0.2, -0.15) is 4.98 Å². The van der Waals surface area contributed by atoms with Gasteiger partial charge < -0.3 is 10.5 Å². The lowest BCUT2D eigenvalue weighted by Crippen LogP contribution is -2.15. The van der Waals surface area contributed by atoms with Crippen LogP contribution in [0.2, 0.25) is 0 Å². The molecule has 0 atom stereocenters. The molecule has 0 amide bonds. The van der Waals surface area contributed by atoms with Gasteiger partial charge in [0, 0.05) is 5.69 Å². The zero-order chi connectivity index (χ0) is 13.2. The maximum absolute atomic E-state index is 11.9. The van der Waals surface area contributed by atoms with Gasteiger partial charge in [-0.15, -0.1) is 0 Å². The second-order valence-electron chi connectivity index (χ2n) is 5.11. The predicted octanol–water partition coefficient (Wildman–Crippen LogP) is 2.07. The number of nitrogen functional groups attached to an aromatic ring is 1. The summed E-state index contributed by atoms with van der Waals surface area (Å²) in [5, 5.41) is 0.494. The minimum absolute atomic E-state index is 0.210. The third kappa shape index (κ3) is 2.54. The molecular formula is C14H17N3O2. The van der Waals surface area contributed by atoms with Gasteiger partial charge >= 0.3 is 0 Å². The van der Waals surface area contributed by atoms with Crippen molar-refractivity contribution in [2.45, 2.75) is 25.7 Å². The molecule has 0 saturated heterocycles. The van der Waals surface area contributed by atoms with E-state index in [1.54, 1.807) is 18.2 Å². The van der Waals surface area contributed by atoms with Crippen molar-refractivity contribution in [3.63, 3.8) is 0 Å². The molecule has 1 heterocycles. The number of anilines is 1. The highest BCUT2D eigenvalue weighted by Gasteiger charge is 2.16. The van der Waals surface area contributed by atoms with Gasteiger partial charge in [-0.05, 0) is 37.0 Å². The summed E-state index contributed by atoms with van der Waals surface area (Å²) in [7, 11) is 0. The number of benzene rings is 1. The van der Waals surface area contributed by atoms with Crippen LogP contribution in [0.5, 0.6) is 6.01 Å². The van der Waals surface area contributed by atoms with Gasteiger partial charge in [0.25, 0.3) is 11.6 Å². The SMILES string of the molecule is Nc1ccc2nc(OCC3CCCC3)[nH]c(=O)c2c1. The summed E-state index contributed by atoms with van der Waals surface area (Å²) in [6, 6.07) is 5.40. The number of nitrogens with one attached hydrogen (secondary N) is 1. The van der Waals surface area contributed by atoms with Gasteiger partial charge in [0.1, 0.15) is 0 Å². The van der Waals surface area contributed by atoms with E-state index in [9.17, 15) is 4.79 Å². The lowest BCUT2D eigenvalue weighted by atomic mass is 10.1. The van der Waals surface area contributed by atoms with Gasteiger partial charge in [0.15, 0.2) is 0 Å². The molecule has 1 aromatic carbocycles. The molecule has 5 nitrogen and oxygen atoms in total. The molecule has 1 fully saturated rings. The monoisotopic (exact) mass is 259 g/mol. The molecule has 19 heavy (non-hydrogen) atoms. The minimum atomic E-state index is -0.210. The normalized spacial score (nSPS) is 16.0. The second-order valence-corrected chi connectivity index (χ2v) is 5.11. The van der Waals surface area contributed by atoms with Crippen LogP contribution in [0.15, 0.2) is 23.0 Å². The Hall–Kier alpha value is -2.04. The Bertz CT molecular complexity index is 645. The molecule has 0 unspecified atom stereocenters. The van der Waals surface area contributed by atoms with Crippen LogP contribution < -0.4 is 16.0 Å². The van der Waals surface area contributed by atoms with Gasteiger partial charge in [-0.3, -0.25) is 9.78 Å². The minimum Gasteiger partial charge on any atom is -0.464 e. The van der Waals surface area contributed by atoms with Crippen LogP contribution in [0.1, 0.15) is 25.7 Å². The fourth-order valence-corrected chi connectivity index (χ4v) is 2.58. The molecule has 1 aliphatic rings. The van der Waals surface area contributed by atoms with Crippen molar-refractivity contribution in [2.24, 2.45) is 5.92 Å². The Balaban J connectivity index is 1.84. The number of fused-ring (bicyclic) bond motifs is 1. The van der Waals surface area contributed by atoms with Gasteiger partial charge in [-0.1, -0.05) is 12.8 Å². The Labute approximate surface area is 110 Å². The maximum atomic E-state index is 11.9. The summed E-state index contributed by atoms with van der Waals surface area (Å²) in [6.45, 7) is 0.628. The number of hydrogen-bond acceptors (Lipinski definition) is 4. The summed E-state index contributed by atoms with van der Waals surface area (Å²) < 4.78 is 5.61. The van der Waals surface area contributed by atoms with Crippen LogP contribution >= 0.6 is 0 Å². The van der Waals surface area contributed by atoms with Crippen LogP contribution in [0.4, 0.5) is 5.69 Å². The molecule has 3 rings (SSSR count). The number of nitrogens with zero attached hydrogens (tertiary/aromatic N) is 1. The van der Waals surface area contributed by atoms with Crippen molar-refractivity contribution in [3.05, 3.63) is 28.6 Å². The summed E-state index contributed by atoms with van der Waals surface area (Å²) >= 11 is 0. The van der Waals surface area contributed by atoms with Crippen LogP contribution in [-0.4, -0.2) is 16.6 Å². The first-order chi connectivity index (χ1) is 9.22. The van der Waals surface area contributed by atoms with Crippen LogP contribution in [0.25, 0.3) is 10.9 Å². The first-order valence-corrected chi connectivity index (χ1v) is 6.65. The van der Waals surface area contributed by atoms with E-state index >= 15 is 0 Å². The third-order valence-corrected chi connectivity index (χ3v) is 3.64. The molecule has 1 saturated carbocycles. The molecule has 1 aliphatic carbocycles. The third-order valence-electron chi connectivity index (χ3n) is 3.64. The zero-order valence-electron chi connectivity index (χ0n) is 10.7. The van der Waals surface area contributed by atoms with E-state index in [0.717, 1.165) is 0 Å². The van der Waals surface area contributed by atoms with Crippen molar-refractivity contribution in [1.29, 1.82) is 0 Å². The number of aromatic nitrogens is 2. The van der Waals surface area contributed by atoms with Crippen molar-refractivity contribution in [2.75, 3.05) is 12.3 Å². The number of ether oxygens (including phenoxy) is 1. The summed E-state index contributed by atoms with van der Waals surface area (Å²) in [6.07, 6.45) is 4.95. The number of aromatic amines is 1. The van der Waals surface area contributed by atoms with Crippen molar-refractivity contribution >= 4 is 16.6 Å². The van der Waals surface area contributed by atoms with Crippen molar-refractivity contribution in [1.82, 2.24) is 9.97 Å². The Morgan fingerprint density at radius 1 is 1.37 bits per heavy atom. The van der Waals surface area contributed by atoms with Gasteiger partial charge in [-0.25, -0.2) is 0 Å². The van der Waals surface area contributed by atoms with Crippen molar-refractivity contribution in [3.8, 4) is 6.01 Å². The highest BCUT2D eigenvalue weighted by molar-refractivity contribution is 5.81. The quantitative estimate of drug-likeness (QED) is 0.827. The maximum Gasteiger partial charge on any atom is 0.297 e.